The van der Waals surface area contributed by atoms with Gasteiger partial charge in [-0.3, -0.25) is 4.79 Å². The summed E-state index contributed by atoms with van der Waals surface area (Å²) in [6, 6.07) is 27.9. The van der Waals surface area contributed by atoms with E-state index in [0.717, 1.165) is 17.5 Å². The molecule has 0 amide bonds. The minimum atomic E-state index is -0.581. The van der Waals surface area contributed by atoms with Crippen molar-refractivity contribution in [3.63, 3.8) is 0 Å². The molecule has 0 aliphatic heterocycles. The van der Waals surface area contributed by atoms with Gasteiger partial charge in [0.2, 0.25) is 11.5 Å². The Kier molecular flexibility index (Phi) is 6.45. The zero-order valence-corrected chi connectivity index (χ0v) is 18.6. The maximum Gasteiger partial charge on any atom is 0.207 e. The predicted molar refractivity (Wildman–Crippen MR) is 128 cm³/mol. The van der Waals surface area contributed by atoms with E-state index in [4.69, 9.17) is 4.74 Å². The van der Waals surface area contributed by atoms with Gasteiger partial charge < -0.3 is 9.84 Å². The number of benzene rings is 3. The van der Waals surface area contributed by atoms with Crippen LogP contribution < -0.4 is 4.74 Å². The summed E-state index contributed by atoms with van der Waals surface area (Å²) in [5, 5.41) is 11.0. The lowest BCUT2D eigenvalue weighted by molar-refractivity contribution is -0.116. The van der Waals surface area contributed by atoms with Crippen molar-refractivity contribution in [3.8, 4) is 5.75 Å². The molecule has 0 heterocycles. The van der Waals surface area contributed by atoms with Crippen molar-refractivity contribution in [3.05, 3.63) is 120 Å². The zero-order chi connectivity index (χ0) is 22.6. The van der Waals surface area contributed by atoms with Crippen molar-refractivity contribution < 1.29 is 14.6 Å². The smallest absolute Gasteiger partial charge is 0.207 e. The second kappa shape index (κ2) is 9.44. The number of aryl methyl sites for hydroxylation is 1. The molecule has 0 fully saturated rings. The molecule has 4 rings (SSSR count). The normalized spacial score (nSPS) is 18.8. The first-order valence-corrected chi connectivity index (χ1v) is 11.2. The van der Waals surface area contributed by atoms with Crippen LogP contribution in [-0.4, -0.2) is 10.9 Å². The van der Waals surface area contributed by atoms with Crippen LogP contribution in [0.1, 0.15) is 49.3 Å². The van der Waals surface area contributed by atoms with Gasteiger partial charge in [-0.25, -0.2) is 0 Å². The van der Waals surface area contributed by atoms with Gasteiger partial charge in [0.15, 0.2) is 0 Å². The Labute approximate surface area is 190 Å². The number of ether oxygens (including phenoxy) is 1. The topological polar surface area (TPSA) is 46.5 Å². The van der Waals surface area contributed by atoms with Gasteiger partial charge in [-0.05, 0) is 41.5 Å². The highest BCUT2D eigenvalue weighted by atomic mass is 16.5. The summed E-state index contributed by atoms with van der Waals surface area (Å²) >= 11 is 0. The number of carbonyl (C=O) groups excluding carboxylic acids is 1. The van der Waals surface area contributed by atoms with Gasteiger partial charge >= 0.3 is 0 Å². The van der Waals surface area contributed by atoms with E-state index >= 15 is 0 Å². The molecule has 1 atom stereocenters. The van der Waals surface area contributed by atoms with E-state index in [1.807, 2.05) is 72.8 Å². The quantitative estimate of drug-likeness (QED) is 0.458. The van der Waals surface area contributed by atoms with Crippen molar-refractivity contribution >= 4 is 5.78 Å². The highest BCUT2D eigenvalue weighted by Crippen LogP contribution is 2.43. The molecule has 3 aromatic rings. The van der Waals surface area contributed by atoms with Gasteiger partial charge in [0.1, 0.15) is 11.5 Å². The molecule has 3 heteroatoms. The minimum absolute atomic E-state index is 0.00738. The molecule has 0 spiro atoms. The molecule has 1 unspecified atom stereocenters. The number of hydrogen-bond donors (Lipinski definition) is 1. The lowest BCUT2D eigenvalue weighted by Crippen LogP contribution is -2.37. The van der Waals surface area contributed by atoms with Gasteiger partial charge in [-0.1, -0.05) is 92.7 Å². The maximum atomic E-state index is 13.3. The van der Waals surface area contributed by atoms with E-state index in [1.54, 1.807) is 6.42 Å². The van der Waals surface area contributed by atoms with Gasteiger partial charge in [0, 0.05) is 18.3 Å². The molecule has 163 valence electrons. The van der Waals surface area contributed by atoms with Crippen LogP contribution in [0.3, 0.4) is 0 Å². The van der Waals surface area contributed by atoms with E-state index in [-0.39, 0.29) is 23.2 Å². The second-order valence-corrected chi connectivity index (χ2v) is 8.76. The van der Waals surface area contributed by atoms with Gasteiger partial charge in [-0.2, -0.15) is 0 Å². The lowest BCUT2D eigenvalue weighted by atomic mass is 9.67. The van der Waals surface area contributed by atoms with E-state index in [2.05, 4.69) is 26.0 Å². The monoisotopic (exact) mass is 425 g/mol. The number of Topliss-reactive ketones (excluding diaryl/α,β-unsaturated/α-hetero) is 1. The number of hydrogen-bond acceptors (Lipinski definition) is 3. The maximum absolute atomic E-state index is 13.3. The Bertz CT molecular complexity index is 1100. The van der Waals surface area contributed by atoms with Crippen molar-refractivity contribution in [2.24, 2.45) is 0 Å². The summed E-state index contributed by atoms with van der Waals surface area (Å²) in [7, 11) is 0. The number of aliphatic hydroxyl groups excluding tert-OH is 1. The number of para-hydroxylation sites is 1. The molecule has 3 aromatic carbocycles. The van der Waals surface area contributed by atoms with Crippen LogP contribution in [0.5, 0.6) is 5.75 Å². The molecule has 0 saturated carbocycles. The summed E-state index contributed by atoms with van der Waals surface area (Å²) in [5.41, 5.74) is 2.66. The van der Waals surface area contributed by atoms with E-state index in [0.29, 0.717) is 18.6 Å². The van der Waals surface area contributed by atoms with E-state index in [1.165, 1.54) is 5.56 Å². The van der Waals surface area contributed by atoms with Crippen molar-refractivity contribution in [2.75, 3.05) is 0 Å². The third-order valence-electron chi connectivity index (χ3n) is 6.18. The Morgan fingerprint density at radius 1 is 0.906 bits per heavy atom. The number of carbonyl (C=O) groups is 1. The average molecular weight is 426 g/mol. The van der Waals surface area contributed by atoms with Gasteiger partial charge in [0.05, 0.1) is 0 Å². The van der Waals surface area contributed by atoms with Gasteiger partial charge in [0.25, 0.3) is 0 Å². The first-order chi connectivity index (χ1) is 15.5. The third kappa shape index (κ3) is 4.62. The molecular weight excluding hydrogens is 396 g/mol. The van der Waals surface area contributed by atoms with Gasteiger partial charge in [-0.15, -0.1) is 0 Å². The van der Waals surface area contributed by atoms with Crippen LogP contribution in [0.2, 0.25) is 0 Å². The molecule has 32 heavy (non-hydrogen) atoms. The molecule has 0 bridgehead atoms. The summed E-state index contributed by atoms with van der Waals surface area (Å²) in [4.78, 5) is 13.3. The van der Waals surface area contributed by atoms with Crippen molar-refractivity contribution in [1.82, 2.24) is 0 Å². The molecule has 1 aliphatic rings. The first-order valence-electron chi connectivity index (χ1n) is 11.2. The predicted octanol–water partition coefficient (Wildman–Crippen LogP) is 6.71. The molecule has 3 nitrogen and oxygen atoms in total. The molecule has 1 radical (unpaired) electrons. The highest BCUT2D eigenvalue weighted by molar-refractivity contribution is 6.03. The first kappa shape index (κ1) is 21.9. The highest BCUT2D eigenvalue weighted by Gasteiger charge is 2.42. The Morgan fingerprint density at radius 3 is 2.19 bits per heavy atom. The summed E-state index contributed by atoms with van der Waals surface area (Å²) < 4.78 is 6.01. The van der Waals surface area contributed by atoms with Crippen LogP contribution in [0.15, 0.2) is 96.4 Å². The van der Waals surface area contributed by atoms with Crippen LogP contribution in [0.25, 0.3) is 0 Å². The average Bonchev–Trinajstić information content (AvgIpc) is 2.81. The number of aliphatic hydroxyl groups is 1. The summed E-state index contributed by atoms with van der Waals surface area (Å²) in [5.74, 6) is 0.620. The molecule has 0 aromatic heterocycles. The number of rotatable bonds is 7. The zero-order valence-electron chi connectivity index (χ0n) is 18.6. The second-order valence-electron chi connectivity index (χ2n) is 8.76. The van der Waals surface area contributed by atoms with Crippen LogP contribution in [0, 0.1) is 6.42 Å². The minimum Gasteiger partial charge on any atom is -0.508 e. The fourth-order valence-corrected chi connectivity index (χ4v) is 4.43. The standard InChI is InChI=1S/C29H29O3/c1-21(2)24-15-9-10-16-27(24)32-28-25(30)19-29(20-26(28)31,23-13-7-4-8-14-23)18-17-22-11-5-3-6-12-22/h3-16,19,21,31H,17-18,20H2,1-2H3. The molecule has 1 aliphatic carbocycles. The summed E-state index contributed by atoms with van der Waals surface area (Å²) in [6.45, 7) is 4.16. The largest absolute Gasteiger partial charge is 0.508 e. The fraction of sp³-hybridized carbons (Fsp3) is 0.241. The van der Waals surface area contributed by atoms with Crippen LogP contribution in [-0.2, 0) is 16.6 Å². The van der Waals surface area contributed by atoms with E-state index < -0.39 is 5.41 Å². The molecule has 1 N–H and O–H groups in total. The van der Waals surface area contributed by atoms with E-state index in [9.17, 15) is 9.90 Å². The Balaban J connectivity index is 1.66. The summed E-state index contributed by atoms with van der Waals surface area (Å²) in [6.07, 6.45) is 3.60. The molecular formula is C29H29O3. The SMILES string of the molecule is CC(C)c1ccccc1OC1=C(O)CC(CCc2ccccc2)(c2ccccc2)[CH]C1=O. The lowest BCUT2D eigenvalue weighted by Gasteiger charge is -2.37. The van der Waals surface area contributed by atoms with Crippen LogP contribution in [0.4, 0.5) is 0 Å². The van der Waals surface area contributed by atoms with Crippen molar-refractivity contribution in [1.29, 1.82) is 0 Å². The Morgan fingerprint density at radius 2 is 1.53 bits per heavy atom. The third-order valence-corrected chi connectivity index (χ3v) is 6.18. The van der Waals surface area contributed by atoms with Crippen LogP contribution >= 0.6 is 0 Å². The number of allylic oxidation sites excluding steroid dienone is 2. The van der Waals surface area contributed by atoms with Crippen molar-refractivity contribution in [2.45, 2.75) is 44.4 Å². The molecule has 0 saturated heterocycles. The Hall–Kier alpha value is -3.33. The number of ketones is 1. The fourth-order valence-electron chi connectivity index (χ4n) is 4.43.